The van der Waals surface area contributed by atoms with E-state index in [1.54, 1.807) is 24.8 Å². The maximum Gasteiger partial charge on any atom is 0.355 e. The van der Waals surface area contributed by atoms with Gasteiger partial charge in [0.2, 0.25) is 5.91 Å². The molecule has 39 heavy (non-hydrogen) atoms. The Labute approximate surface area is 237 Å². The second-order valence-corrected chi connectivity index (χ2v) is 16.9. The Hall–Kier alpha value is -2.74. The summed E-state index contributed by atoms with van der Waals surface area (Å²) in [5.74, 6) is -1.00. The van der Waals surface area contributed by atoms with Gasteiger partial charge in [0.05, 0.1) is 31.8 Å². The van der Waals surface area contributed by atoms with E-state index in [0.717, 1.165) is 9.90 Å². The van der Waals surface area contributed by atoms with Crippen LogP contribution in [0.15, 0.2) is 45.4 Å². The molecule has 1 saturated heterocycles. The smallest absolute Gasteiger partial charge is 0.355 e. The molecule has 210 valence electrons. The molecule has 13 heteroatoms. The molecule has 1 fully saturated rings. The molecule has 0 radical (unpaired) electrons. The highest BCUT2D eigenvalue weighted by molar-refractivity contribution is 8.01. The number of ether oxygens (including phenoxy) is 3. The van der Waals surface area contributed by atoms with E-state index in [0.29, 0.717) is 17.1 Å². The van der Waals surface area contributed by atoms with Crippen molar-refractivity contribution in [2.45, 2.75) is 56.6 Å². The normalized spacial score (nSPS) is 21.3. The third kappa shape index (κ3) is 6.71. The number of esters is 2. The van der Waals surface area contributed by atoms with Crippen molar-refractivity contribution in [1.29, 1.82) is 0 Å². The van der Waals surface area contributed by atoms with Gasteiger partial charge < -0.3 is 23.5 Å². The maximum atomic E-state index is 13.6. The van der Waals surface area contributed by atoms with Crippen LogP contribution in [-0.2, 0) is 34.9 Å². The third-order valence-corrected chi connectivity index (χ3v) is 9.51. The van der Waals surface area contributed by atoms with Crippen molar-refractivity contribution in [1.82, 2.24) is 15.1 Å². The number of hydrogen-bond donors (Lipinski definition) is 0. The van der Waals surface area contributed by atoms with Gasteiger partial charge in [-0.2, -0.15) is 0 Å². The van der Waals surface area contributed by atoms with Gasteiger partial charge in [0.15, 0.2) is 12.7 Å². The van der Waals surface area contributed by atoms with Crippen molar-refractivity contribution in [3.63, 3.8) is 0 Å². The Kier molecular flexibility index (Phi) is 9.14. The van der Waals surface area contributed by atoms with E-state index in [9.17, 15) is 14.4 Å². The van der Waals surface area contributed by atoms with Gasteiger partial charge >= 0.3 is 11.9 Å². The highest BCUT2D eigenvalue weighted by atomic mass is 32.2. The fraction of sp³-hybridized carbons (Fsp3) is 0.500. The van der Waals surface area contributed by atoms with E-state index in [1.165, 1.54) is 34.9 Å². The molecule has 2 aliphatic rings. The van der Waals surface area contributed by atoms with Crippen LogP contribution >= 0.6 is 23.1 Å². The topological polar surface area (TPSA) is 117 Å². The number of carbonyl (C=O) groups excluding carboxylic acids is 3. The van der Waals surface area contributed by atoms with E-state index in [4.69, 9.17) is 18.6 Å². The minimum absolute atomic E-state index is 0.0308. The zero-order valence-electron chi connectivity index (χ0n) is 22.8. The number of amides is 1. The Bertz CT molecular complexity index is 1230. The van der Waals surface area contributed by atoms with Gasteiger partial charge in [-0.25, -0.2) is 4.79 Å². The number of hydrogen-bond acceptors (Lipinski definition) is 11. The van der Waals surface area contributed by atoms with Crippen molar-refractivity contribution in [3.8, 4) is 5.75 Å². The lowest BCUT2D eigenvalue weighted by molar-refractivity contribution is -0.165. The van der Waals surface area contributed by atoms with Crippen LogP contribution in [0, 0.1) is 11.8 Å². The van der Waals surface area contributed by atoms with Gasteiger partial charge in [-0.3, -0.25) is 9.59 Å². The van der Waals surface area contributed by atoms with E-state index >= 15 is 0 Å². The lowest BCUT2D eigenvalue weighted by Crippen LogP contribution is -2.65. The number of nitrogens with zero attached hydrogens (tertiary/aromatic N) is 3. The summed E-state index contributed by atoms with van der Waals surface area (Å²) in [5, 5.41) is 7.97. The fourth-order valence-corrected chi connectivity index (χ4v) is 7.84. The lowest BCUT2D eigenvalue weighted by atomic mass is 9.77. The second kappa shape index (κ2) is 12.2. The van der Waals surface area contributed by atoms with Gasteiger partial charge in [0, 0.05) is 18.6 Å². The Morgan fingerprint density at radius 1 is 1.18 bits per heavy atom. The fourth-order valence-electron chi connectivity index (χ4n) is 4.98. The summed E-state index contributed by atoms with van der Waals surface area (Å²) in [6.45, 7) is 9.52. The molecule has 2 aliphatic heterocycles. The molecule has 3 heterocycles. The highest BCUT2D eigenvalue weighted by Gasteiger charge is 2.62. The van der Waals surface area contributed by atoms with Crippen LogP contribution in [0.3, 0.4) is 0 Å². The molecule has 0 unspecified atom stereocenters. The minimum atomic E-state index is -1.95. The average molecular weight is 592 g/mol. The molecule has 1 amide bonds. The average Bonchev–Trinajstić information content (AvgIpc) is 3.48. The number of benzene rings is 1. The van der Waals surface area contributed by atoms with Crippen LogP contribution in [0.1, 0.15) is 19.4 Å². The van der Waals surface area contributed by atoms with Gasteiger partial charge in [-0.05, 0) is 49.8 Å². The summed E-state index contributed by atoms with van der Waals surface area (Å²) < 4.78 is 23.4. The number of β-lactam (4-membered cyclic amide) rings is 1. The number of rotatable bonds is 12. The second-order valence-electron chi connectivity index (χ2n) is 10.4. The molecule has 2 aromatic rings. The summed E-state index contributed by atoms with van der Waals surface area (Å²) >= 11 is 2.80. The molecule has 10 nitrogen and oxygen atoms in total. The maximum absolute atomic E-state index is 13.6. The summed E-state index contributed by atoms with van der Waals surface area (Å²) in [7, 11) is -0.368. The Morgan fingerprint density at radius 3 is 2.49 bits per heavy atom. The van der Waals surface area contributed by atoms with E-state index < -0.39 is 26.2 Å². The minimum Gasteiger partial charge on any atom is -0.497 e. The number of thioether (sulfide) groups is 1. The van der Waals surface area contributed by atoms with Gasteiger partial charge in [0.25, 0.3) is 0 Å². The molecule has 0 aliphatic carbocycles. The summed E-state index contributed by atoms with van der Waals surface area (Å²) in [6.07, 6.45) is -0.350. The molecular formula is C26H33N3O7S2Si. The zero-order valence-corrected chi connectivity index (χ0v) is 25.5. The van der Waals surface area contributed by atoms with Crippen LogP contribution in [0.5, 0.6) is 5.75 Å². The van der Waals surface area contributed by atoms with Crippen molar-refractivity contribution in [2.75, 3.05) is 19.5 Å². The van der Waals surface area contributed by atoms with Crippen LogP contribution in [-0.4, -0.2) is 72.9 Å². The quantitative estimate of drug-likeness (QED) is 0.156. The van der Waals surface area contributed by atoms with Crippen molar-refractivity contribution in [2.24, 2.45) is 11.8 Å². The molecule has 0 saturated carbocycles. The van der Waals surface area contributed by atoms with Gasteiger partial charge in [0.1, 0.15) is 23.6 Å². The molecule has 4 atom stereocenters. The molecule has 0 spiro atoms. The SMILES string of the molecule is COc1ccc(COC(=O)C2=C(CSc3nncs3)[C@H](COC(C)=O)[C@@H]3[C@@H]([C@@H](C)O[Si](C)(C)C)C(=O)N23)cc1. The van der Waals surface area contributed by atoms with Crippen LogP contribution in [0.25, 0.3) is 0 Å². The molecule has 0 bridgehead atoms. The van der Waals surface area contributed by atoms with Gasteiger partial charge in [-0.1, -0.05) is 35.2 Å². The lowest BCUT2D eigenvalue weighted by Gasteiger charge is -2.49. The Morgan fingerprint density at radius 2 is 1.90 bits per heavy atom. The van der Waals surface area contributed by atoms with Crippen molar-refractivity contribution < 1.29 is 33.0 Å². The molecule has 1 aromatic carbocycles. The van der Waals surface area contributed by atoms with Crippen LogP contribution in [0.2, 0.25) is 19.6 Å². The third-order valence-electron chi connectivity index (χ3n) is 6.52. The van der Waals surface area contributed by atoms with Gasteiger partial charge in [-0.15, -0.1) is 10.2 Å². The predicted octanol–water partition coefficient (Wildman–Crippen LogP) is 3.90. The van der Waals surface area contributed by atoms with Crippen molar-refractivity contribution in [3.05, 3.63) is 46.6 Å². The van der Waals surface area contributed by atoms with E-state index in [2.05, 4.69) is 29.8 Å². The zero-order chi connectivity index (χ0) is 28.3. The van der Waals surface area contributed by atoms with E-state index in [1.807, 2.05) is 19.1 Å². The Balaban J connectivity index is 1.64. The number of fused-ring (bicyclic) bond motifs is 1. The largest absolute Gasteiger partial charge is 0.497 e. The summed E-state index contributed by atoms with van der Waals surface area (Å²) in [4.78, 5) is 40.4. The van der Waals surface area contributed by atoms with Crippen LogP contribution in [0.4, 0.5) is 0 Å². The van der Waals surface area contributed by atoms with Crippen molar-refractivity contribution >= 4 is 49.3 Å². The molecular weight excluding hydrogens is 559 g/mol. The summed E-state index contributed by atoms with van der Waals surface area (Å²) in [6, 6.07) is 6.83. The van der Waals surface area contributed by atoms with E-state index in [-0.39, 0.29) is 42.9 Å². The first-order chi connectivity index (χ1) is 18.5. The monoisotopic (exact) mass is 591 g/mol. The first kappa shape index (κ1) is 29.2. The van der Waals surface area contributed by atoms with Crippen LogP contribution < -0.4 is 4.74 Å². The summed E-state index contributed by atoms with van der Waals surface area (Å²) in [5.41, 5.74) is 3.32. The first-order valence-electron chi connectivity index (χ1n) is 12.6. The number of carbonyl (C=O) groups is 3. The standard InChI is InChI=1S/C26H33N3O7S2Si/c1-15(36-39(4,5)6)21-22-19(12-34-16(2)30)20(13-37-26-28-27-14-38-26)23(29(22)24(21)31)25(32)35-11-17-7-9-18(33-3)10-8-17/h7-10,14-15,19,21-22H,11-13H2,1-6H3/t15-,19+,21-,22-/m1/s1. The molecule has 0 N–H and O–H groups in total. The highest BCUT2D eigenvalue weighted by Crippen LogP contribution is 2.49. The number of aromatic nitrogens is 2. The molecule has 4 rings (SSSR count). The first-order valence-corrected chi connectivity index (χ1v) is 17.8. The number of methoxy groups -OCH3 is 1. The molecule has 1 aromatic heterocycles. The predicted molar refractivity (Wildman–Crippen MR) is 149 cm³/mol.